The van der Waals surface area contributed by atoms with Crippen LogP contribution in [0.15, 0.2) is 54.6 Å². The number of carbonyl (C=O) groups excluding carboxylic acids is 1. The average Bonchev–Trinajstić information content (AvgIpc) is 3.20. The summed E-state index contributed by atoms with van der Waals surface area (Å²) in [4.78, 5) is 26.5. The first-order valence-corrected chi connectivity index (χ1v) is 11.2. The molecule has 0 radical (unpaired) electrons. The number of hydrogen-bond acceptors (Lipinski definition) is 5. The molecule has 0 unspecified atom stereocenters. The lowest BCUT2D eigenvalue weighted by molar-refractivity contribution is 0.0746. The minimum absolute atomic E-state index is 0.0534. The van der Waals surface area contributed by atoms with Crippen LogP contribution in [0.1, 0.15) is 28.8 Å². The molecular formula is C25H25FN6O. The second-order valence-electron chi connectivity index (χ2n) is 8.13. The molecule has 0 saturated carbocycles. The van der Waals surface area contributed by atoms with E-state index in [0.717, 1.165) is 28.4 Å². The van der Waals surface area contributed by atoms with Crippen LogP contribution in [0.4, 0.5) is 10.2 Å². The summed E-state index contributed by atoms with van der Waals surface area (Å²) in [5.41, 5.74) is 2.98. The maximum atomic E-state index is 13.5. The molecule has 0 atom stereocenters. The zero-order valence-corrected chi connectivity index (χ0v) is 18.7. The summed E-state index contributed by atoms with van der Waals surface area (Å²) in [6.45, 7) is 6.55. The van der Waals surface area contributed by atoms with Crippen LogP contribution in [0, 0.1) is 12.7 Å². The van der Waals surface area contributed by atoms with Crippen LogP contribution in [0.5, 0.6) is 0 Å². The van der Waals surface area contributed by atoms with Gasteiger partial charge in [-0.05, 0) is 43.3 Å². The van der Waals surface area contributed by atoms with Gasteiger partial charge >= 0.3 is 0 Å². The molecule has 4 aromatic rings. The van der Waals surface area contributed by atoms with Crippen LogP contribution in [-0.4, -0.2) is 56.7 Å². The van der Waals surface area contributed by atoms with E-state index < -0.39 is 0 Å². The van der Waals surface area contributed by atoms with E-state index in [0.29, 0.717) is 43.8 Å². The summed E-state index contributed by atoms with van der Waals surface area (Å²) in [7, 11) is 0. The first kappa shape index (κ1) is 21.1. The van der Waals surface area contributed by atoms with Crippen molar-refractivity contribution in [3.63, 3.8) is 0 Å². The third-order valence-corrected chi connectivity index (χ3v) is 6.00. The molecule has 5 rings (SSSR count). The Morgan fingerprint density at radius 2 is 1.67 bits per heavy atom. The number of hydrogen-bond donors (Lipinski definition) is 0. The average molecular weight is 445 g/mol. The Bertz CT molecular complexity index is 1290. The van der Waals surface area contributed by atoms with Crippen molar-refractivity contribution in [2.45, 2.75) is 20.3 Å². The summed E-state index contributed by atoms with van der Waals surface area (Å²) >= 11 is 0. The van der Waals surface area contributed by atoms with Gasteiger partial charge in [-0.3, -0.25) is 4.79 Å². The van der Waals surface area contributed by atoms with E-state index in [-0.39, 0.29) is 11.7 Å². The van der Waals surface area contributed by atoms with E-state index in [1.54, 1.807) is 16.8 Å². The maximum absolute atomic E-state index is 13.5. The summed E-state index contributed by atoms with van der Waals surface area (Å²) in [6.07, 6.45) is 0.684. The Morgan fingerprint density at radius 3 is 2.33 bits per heavy atom. The number of carbonyl (C=O) groups is 1. The third-order valence-electron chi connectivity index (χ3n) is 6.00. The molecule has 1 amide bonds. The lowest BCUT2D eigenvalue weighted by atomic mass is 10.1. The van der Waals surface area contributed by atoms with Gasteiger partial charge in [-0.25, -0.2) is 19.0 Å². The molecule has 7 nitrogen and oxygen atoms in total. The van der Waals surface area contributed by atoms with Gasteiger partial charge in [0.05, 0.1) is 16.8 Å². The topological polar surface area (TPSA) is 67.2 Å². The SMILES string of the molecule is CCc1nc(N2CCN(C(=O)c3ccccc3)CC2)c2c(C)nn(-c3ccc(F)cc3)c2n1. The van der Waals surface area contributed by atoms with Crippen LogP contribution in [0.25, 0.3) is 16.7 Å². The summed E-state index contributed by atoms with van der Waals surface area (Å²) in [6, 6.07) is 15.6. The van der Waals surface area contributed by atoms with Gasteiger partial charge in [-0.2, -0.15) is 5.10 Å². The molecule has 1 aliphatic rings. The molecule has 2 aromatic carbocycles. The highest BCUT2D eigenvalue weighted by atomic mass is 19.1. The Labute approximate surface area is 191 Å². The zero-order chi connectivity index (χ0) is 22.9. The summed E-state index contributed by atoms with van der Waals surface area (Å²) < 4.78 is 15.2. The van der Waals surface area contributed by atoms with Gasteiger partial charge in [0.2, 0.25) is 0 Å². The lowest BCUT2D eigenvalue weighted by Gasteiger charge is -2.35. The number of anilines is 1. The van der Waals surface area contributed by atoms with Crippen molar-refractivity contribution in [1.82, 2.24) is 24.6 Å². The highest BCUT2D eigenvalue weighted by Crippen LogP contribution is 2.30. The van der Waals surface area contributed by atoms with E-state index in [4.69, 9.17) is 15.1 Å². The normalized spacial score (nSPS) is 14.2. The first-order valence-electron chi connectivity index (χ1n) is 11.2. The van der Waals surface area contributed by atoms with Crippen LogP contribution in [0.3, 0.4) is 0 Å². The maximum Gasteiger partial charge on any atom is 0.253 e. The van der Waals surface area contributed by atoms with Gasteiger partial charge in [0, 0.05) is 38.2 Å². The van der Waals surface area contributed by atoms with E-state index >= 15 is 0 Å². The zero-order valence-electron chi connectivity index (χ0n) is 18.7. The number of nitrogens with zero attached hydrogens (tertiary/aromatic N) is 6. The van der Waals surface area contributed by atoms with Crippen LogP contribution < -0.4 is 4.90 Å². The number of fused-ring (bicyclic) bond motifs is 1. The standard InChI is InChI=1S/C25H25FN6O/c1-3-21-27-23(30-13-15-31(16-14-30)25(33)18-7-5-4-6-8-18)22-17(2)29-32(24(22)28-21)20-11-9-19(26)10-12-20/h4-12H,3,13-16H2,1-2H3. The fourth-order valence-electron chi connectivity index (χ4n) is 4.24. The number of benzene rings is 2. The number of piperazine rings is 1. The Morgan fingerprint density at radius 1 is 0.970 bits per heavy atom. The molecule has 0 spiro atoms. The highest BCUT2D eigenvalue weighted by molar-refractivity contribution is 5.94. The fourth-order valence-corrected chi connectivity index (χ4v) is 4.24. The number of aromatic nitrogens is 4. The smallest absolute Gasteiger partial charge is 0.253 e. The minimum atomic E-state index is -0.292. The second kappa shape index (κ2) is 8.61. The van der Waals surface area contributed by atoms with E-state index in [1.807, 2.05) is 49.1 Å². The molecule has 1 saturated heterocycles. The molecule has 168 valence electrons. The molecule has 0 aliphatic carbocycles. The van der Waals surface area contributed by atoms with E-state index in [1.165, 1.54) is 12.1 Å². The van der Waals surface area contributed by atoms with Crippen molar-refractivity contribution in [1.29, 1.82) is 0 Å². The minimum Gasteiger partial charge on any atom is -0.352 e. The van der Waals surface area contributed by atoms with Gasteiger partial charge in [0.1, 0.15) is 17.5 Å². The van der Waals surface area contributed by atoms with Crippen molar-refractivity contribution >= 4 is 22.8 Å². The molecule has 1 fully saturated rings. The molecule has 1 aliphatic heterocycles. The van der Waals surface area contributed by atoms with Crippen molar-refractivity contribution in [2.75, 3.05) is 31.1 Å². The molecule has 0 N–H and O–H groups in total. The number of rotatable bonds is 4. The van der Waals surface area contributed by atoms with Gasteiger partial charge in [0.25, 0.3) is 5.91 Å². The van der Waals surface area contributed by atoms with Gasteiger partial charge in [0.15, 0.2) is 5.65 Å². The van der Waals surface area contributed by atoms with Gasteiger partial charge in [-0.15, -0.1) is 0 Å². The van der Waals surface area contributed by atoms with Crippen LogP contribution >= 0.6 is 0 Å². The predicted octanol–water partition coefficient (Wildman–Crippen LogP) is 3.79. The van der Waals surface area contributed by atoms with Crippen molar-refractivity contribution in [3.8, 4) is 5.69 Å². The summed E-state index contributed by atoms with van der Waals surface area (Å²) in [5.74, 6) is 1.33. The highest BCUT2D eigenvalue weighted by Gasteiger charge is 2.26. The lowest BCUT2D eigenvalue weighted by Crippen LogP contribution is -2.49. The third kappa shape index (κ3) is 3.92. The van der Waals surface area contributed by atoms with Gasteiger partial charge < -0.3 is 9.80 Å². The fraction of sp³-hybridized carbons (Fsp3) is 0.280. The molecule has 2 aromatic heterocycles. The van der Waals surface area contributed by atoms with Crippen molar-refractivity contribution < 1.29 is 9.18 Å². The largest absolute Gasteiger partial charge is 0.352 e. The molecule has 8 heteroatoms. The number of aryl methyl sites for hydroxylation is 2. The quantitative estimate of drug-likeness (QED) is 0.479. The van der Waals surface area contributed by atoms with Crippen molar-refractivity contribution in [3.05, 3.63) is 77.5 Å². The molecular weight excluding hydrogens is 419 g/mol. The van der Waals surface area contributed by atoms with E-state index in [2.05, 4.69) is 4.90 Å². The van der Waals surface area contributed by atoms with Crippen LogP contribution in [-0.2, 0) is 6.42 Å². The Hall–Kier alpha value is -3.81. The van der Waals surface area contributed by atoms with Crippen LogP contribution in [0.2, 0.25) is 0 Å². The van der Waals surface area contributed by atoms with E-state index in [9.17, 15) is 9.18 Å². The number of halogens is 1. The first-order chi connectivity index (χ1) is 16.0. The second-order valence-corrected chi connectivity index (χ2v) is 8.13. The molecule has 0 bridgehead atoms. The number of amides is 1. The van der Waals surface area contributed by atoms with Gasteiger partial charge in [-0.1, -0.05) is 25.1 Å². The molecule has 33 heavy (non-hydrogen) atoms. The summed E-state index contributed by atoms with van der Waals surface area (Å²) in [5, 5.41) is 5.59. The predicted molar refractivity (Wildman–Crippen MR) is 125 cm³/mol. The molecule has 3 heterocycles. The Kier molecular flexibility index (Phi) is 5.50. The van der Waals surface area contributed by atoms with Crippen molar-refractivity contribution in [2.24, 2.45) is 0 Å². The monoisotopic (exact) mass is 444 g/mol. The Balaban J connectivity index is 1.47.